The van der Waals surface area contributed by atoms with Crippen molar-refractivity contribution in [1.82, 2.24) is 24.2 Å². The number of hydrogen-bond acceptors (Lipinski definition) is 8. The summed E-state index contributed by atoms with van der Waals surface area (Å²) in [5, 5.41) is 3.84. The van der Waals surface area contributed by atoms with Gasteiger partial charge >= 0.3 is 11.8 Å². The molecule has 204 valence electrons. The maximum absolute atomic E-state index is 13.3. The Morgan fingerprint density at radius 1 is 1.03 bits per heavy atom. The molecule has 0 N–H and O–H groups in total. The smallest absolute Gasteiger partial charge is 0.316 e. The van der Waals surface area contributed by atoms with Gasteiger partial charge in [-0.15, -0.1) is 0 Å². The lowest BCUT2D eigenvalue weighted by atomic mass is 10.1. The van der Waals surface area contributed by atoms with Crippen molar-refractivity contribution in [2.24, 2.45) is 0 Å². The van der Waals surface area contributed by atoms with Crippen molar-refractivity contribution in [3.63, 3.8) is 0 Å². The number of benzene rings is 2. The molecule has 38 heavy (non-hydrogen) atoms. The van der Waals surface area contributed by atoms with E-state index in [0.717, 1.165) is 29.5 Å². The van der Waals surface area contributed by atoms with Gasteiger partial charge in [0.05, 0.1) is 18.6 Å². The first-order chi connectivity index (χ1) is 18.1. The lowest BCUT2D eigenvalue weighted by Gasteiger charge is -2.19. The maximum Gasteiger partial charge on any atom is 0.316 e. The quantitative estimate of drug-likeness (QED) is 0.384. The first-order valence-electron chi connectivity index (χ1n) is 12.6. The number of ether oxygens (including phenoxy) is 1. The molecule has 1 fully saturated rings. The van der Waals surface area contributed by atoms with Gasteiger partial charge in [0.2, 0.25) is 10.0 Å². The molecule has 1 aliphatic rings. The number of sulfonamides is 1. The first-order valence-corrected chi connectivity index (χ1v) is 14.0. The molecule has 2 heterocycles. The molecule has 0 spiro atoms. The zero-order chi connectivity index (χ0) is 27.4. The number of hydrogen-bond donors (Lipinski definition) is 0. The molecule has 1 aromatic heterocycles. The third-order valence-electron chi connectivity index (χ3n) is 6.75. The van der Waals surface area contributed by atoms with E-state index in [9.17, 15) is 13.2 Å². The molecule has 0 unspecified atom stereocenters. The van der Waals surface area contributed by atoms with E-state index in [-0.39, 0.29) is 23.2 Å². The molecular formula is C27H35N5O5S. The molecule has 0 radical (unpaired) electrons. The molecule has 11 heteroatoms. The van der Waals surface area contributed by atoms with Crippen LogP contribution in [0.3, 0.4) is 0 Å². The van der Waals surface area contributed by atoms with Gasteiger partial charge in [-0.2, -0.15) is 9.29 Å². The number of aryl methyl sites for hydroxylation is 2. The van der Waals surface area contributed by atoms with Crippen molar-refractivity contribution in [2.45, 2.75) is 51.2 Å². The minimum atomic E-state index is -3.85. The fourth-order valence-corrected chi connectivity index (χ4v) is 6.27. The van der Waals surface area contributed by atoms with E-state index < -0.39 is 15.9 Å². The Labute approximate surface area is 224 Å². The summed E-state index contributed by atoms with van der Waals surface area (Å²) >= 11 is 0. The van der Waals surface area contributed by atoms with Gasteiger partial charge in [-0.05, 0) is 74.2 Å². The predicted octanol–water partition coefficient (Wildman–Crippen LogP) is 3.38. The fourth-order valence-electron chi connectivity index (χ4n) is 4.74. The largest absolute Gasteiger partial charge is 0.497 e. The van der Waals surface area contributed by atoms with Gasteiger partial charge in [-0.1, -0.05) is 29.4 Å². The zero-order valence-electron chi connectivity index (χ0n) is 22.6. The average molecular weight is 542 g/mol. The van der Waals surface area contributed by atoms with E-state index in [1.165, 1.54) is 37.5 Å². The highest BCUT2D eigenvalue weighted by atomic mass is 32.2. The molecule has 0 atom stereocenters. The number of nitrogens with zero attached hydrogens (tertiary/aromatic N) is 5. The molecule has 1 saturated heterocycles. The Kier molecular flexibility index (Phi) is 8.49. The average Bonchev–Trinajstić information content (AvgIpc) is 3.56. The highest BCUT2D eigenvalue weighted by molar-refractivity contribution is 7.89. The second-order valence-corrected chi connectivity index (χ2v) is 11.8. The monoisotopic (exact) mass is 541 g/mol. The number of carbonyl (C=O) groups excluding carboxylic acids is 1. The molecule has 4 rings (SSSR count). The van der Waals surface area contributed by atoms with Crippen molar-refractivity contribution in [1.29, 1.82) is 0 Å². The number of aromatic nitrogens is 2. The van der Waals surface area contributed by atoms with Crippen LogP contribution in [0.2, 0.25) is 0 Å². The Bertz CT molecular complexity index is 1360. The van der Waals surface area contributed by atoms with Crippen molar-refractivity contribution in [3.05, 3.63) is 70.4 Å². The topological polar surface area (TPSA) is 109 Å². The van der Waals surface area contributed by atoms with Gasteiger partial charge in [0.1, 0.15) is 5.75 Å². The van der Waals surface area contributed by atoms with E-state index in [2.05, 4.69) is 27.2 Å². The van der Waals surface area contributed by atoms with Crippen LogP contribution in [0.25, 0.3) is 0 Å². The summed E-state index contributed by atoms with van der Waals surface area (Å²) in [6.07, 6.45) is 2.52. The van der Waals surface area contributed by atoms with Crippen molar-refractivity contribution in [3.8, 4) is 5.75 Å². The van der Waals surface area contributed by atoms with Crippen LogP contribution in [0.15, 0.2) is 45.8 Å². The Morgan fingerprint density at radius 3 is 2.24 bits per heavy atom. The third kappa shape index (κ3) is 6.23. The van der Waals surface area contributed by atoms with Crippen molar-refractivity contribution in [2.75, 3.05) is 34.3 Å². The molecular weight excluding hydrogens is 506 g/mol. The van der Waals surface area contributed by atoms with Gasteiger partial charge in [0, 0.05) is 27.2 Å². The molecule has 0 bridgehead atoms. The SMILES string of the molecule is COc1cc(C)c(S(=O)(=O)N(C)Cc2noc(C(=O)N(C)Cc3ccc(CN4CCCC4)cc3)n2)c(C)c1. The van der Waals surface area contributed by atoms with E-state index >= 15 is 0 Å². The normalized spacial score (nSPS) is 14.3. The number of methoxy groups -OCH3 is 1. The fraction of sp³-hybridized carbons (Fsp3) is 0.444. The third-order valence-corrected chi connectivity index (χ3v) is 8.86. The van der Waals surface area contributed by atoms with Crippen LogP contribution in [-0.4, -0.2) is 72.9 Å². The van der Waals surface area contributed by atoms with Crippen LogP contribution in [0.4, 0.5) is 0 Å². The van der Waals surface area contributed by atoms with Gasteiger partial charge in [-0.3, -0.25) is 9.69 Å². The van der Waals surface area contributed by atoms with Gasteiger partial charge in [-0.25, -0.2) is 8.42 Å². The van der Waals surface area contributed by atoms with Crippen LogP contribution < -0.4 is 4.74 Å². The van der Waals surface area contributed by atoms with E-state index in [1.54, 1.807) is 33.0 Å². The number of amides is 1. The van der Waals surface area contributed by atoms with Gasteiger partial charge in [0.15, 0.2) is 5.82 Å². The molecule has 1 amide bonds. The summed E-state index contributed by atoms with van der Waals surface area (Å²) in [7, 11) is 0.793. The molecule has 1 aliphatic heterocycles. The summed E-state index contributed by atoms with van der Waals surface area (Å²) in [4.78, 5) is 21.2. The molecule has 2 aromatic carbocycles. The molecule has 0 aliphatic carbocycles. The van der Waals surface area contributed by atoms with E-state index in [4.69, 9.17) is 9.26 Å². The van der Waals surface area contributed by atoms with Crippen LogP contribution in [0.1, 0.15) is 51.6 Å². The van der Waals surface area contributed by atoms with Crippen LogP contribution in [-0.2, 0) is 29.7 Å². The zero-order valence-corrected chi connectivity index (χ0v) is 23.4. The van der Waals surface area contributed by atoms with E-state index in [1.807, 2.05) is 12.1 Å². The van der Waals surface area contributed by atoms with Gasteiger partial charge in [0.25, 0.3) is 0 Å². The summed E-state index contributed by atoms with van der Waals surface area (Å²) in [6.45, 7) is 6.91. The Morgan fingerprint density at radius 2 is 1.63 bits per heavy atom. The molecule has 10 nitrogen and oxygen atoms in total. The maximum atomic E-state index is 13.3. The van der Waals surface area contributed by atoms with E-state index in [0.29, 0.717) is 23.4 Å². The summed E-state index contributed by atoms with van der Waals surface area (Å²) < 4.78 is 38.1. The highest BCUT2D eigenvalue weighted by Crippen LogP contribution is 2.28. The number of carbonyl (C=O) groups is 1. The van der Waals surface area contributed by atoms with Crippen LogP contribution in [0.5, 0.6) is 5.75 Å². The summed E-state index contributed by atoms with van der Waals surface area (Å²) in [5.41, 5.74) is 3.39. The minimum absolute atomic E-state index is 0.0999. The molecule has 3 aromatic rings. The first kappa shape index (κ1) is 27.7. The molecule has 0 saturated carbocycles. The summed E-state index contributed by atoms with van der Waals surface area (Å²) in [6, 6.07) is 11.6. The van der Waals surface area contributed by atoms with Crippen molar-refractivity contribution >= 4 is 15.9 Å². The van der Waals surface area contributed by atoms with Crippen LogP contribution >= 0.6 is 0 Å². The van der Waals surface area contributed by atoms with Crippen LogP contribution in [0, 0.1) is 13.8 Å². The van der Waals surface area contributed by atoms with Gasteiger partial charge < -0.3 is 14.2 Å². The predicted molar refractivity (Wildman–Crippen MR) is 142 cm³/mol. The Balaban J connectivity index is 1.38. The van der Waals surface area contributed by atoms with Crippen molar-refractivity contribution < 1.29 is 22.5 Å². The lowest BCUT2D eigenvalue weighted by Crippen LogP contribution is -2.28. The number of likely N-dealkylation sites (tertiary alicyclic amines) is 1. The lowest BCUT2D eigenvalue weighted by molar-refractivity contribution is 0.0735. The number of rotatable bonds is 10. The second-order valence-electron chi connectivity index (χ2n) is 9.83. The second kappa shape index (κ2) is 11.6. The highest BCUT2D eigenvalue weighted by Gasteiger charge is 2.28. The Hall–Kier alpha value is -3.28. The minimum Gasteiger partial charge on any atom is -0.497 e. The standard InChI is InChI=1S/C27H35N5O5S/c1-19-14-23(36-5)15-20(2)25(19)38(34,35)31(4)18-24-28-26(37-29-24)27(33)30(3)16-21-8-10-22(11-9-21)17-32-12-6-7-13-32/h8-11,14-15H,6-7,12-13,16-18H2,1-5H3. The summed E-state index contributed by atoms with van der Waals surface area (Å²) in [5.74, 6) is 0.0704.